The lowest BCUT2D eigenvalue weighted by atomic mass is 10.0. The average molecular weight is 447 g/mol. The minimum absolute atomic E-state index is 0. The molecule has 5 nitrogen and oxygen atoms in total. The predicted octanol–water partition coefficient (Wildman–Crippen LogP) is 5.50. The third kappa shape index (κ3) is 5.78. The van der Waals surface area contributed by atoms with Crippen molar-refractivity contribution in [1.29, 1.82) is 0 Å². The van der Waals surface area contributed by atoms with Gasteiger partial charge in [-0.15, -0.1) is 11.3 Å². The van der Waals surface area contributed by atoms with Crippen molar-refractivity contribution in [3.63, 3.8) is 0 Å². The van der Waals surface area contributed by atoms with Crippen molar-refractivity contribution in [3.8, 4) is 0 Å². The molecule has 1 aliphatic rings. The monoisotopic (exact) mass is 446 g/mol. The molecule has 1 aliphatic heterocycles. The number of nitrogens with zero attached hydrogens (tertiary/aromatic N) is 4. The van der Waals surface area contributed by atoms with Gasteiger partial charge in [-0.05, 0) is 76.9 Å². The summed E-state index contributed by atoms with van der Waals surface area (Å²) in [4.78, 5) is 16.3. The van der Waals surface area contributed by atoms with E-state index >= 15 is 0 Å². The highest BCUT2D eigenvalue weighted by molar-refractivity contribution is 7.59. The molecule has 0 unspecified atom stereocenters. The van der Waals surface area contributed by atoms with Crippen LogP contribution in [0.1, 0.15) is 60.9 Å². The lowest BCUT2D eigenvalue weighted by Gasteiger charge is -2.36. The summed E-state index contributed by atoms with van der Waals surface area (Å²) in [7, 11) is 0. The number of ether oxygens (including phenoxy) is 1. The van der Waals surface area contributed by atoms with E-state index in [1.54, 1.807) is 11.3 Å². The van der Waals surface area contributed by atoms with E-state index in [0.717, 1.165) is 58.4 Å². The van der Waals surface area contributed by atoms with Gasteiger partial charge in [-0.1, -0.05) is 7.43 Å². The van der Waals surface area contributed by atoms with E-state index in [0.29, 0.717) is 6.61 Å². The zero-order valence-electron chi connectivity index (χ0n) is 17.6. The van der Waals surface area contributed by atoms with E-state index in [1.165, 1.54) is 5.56 Å². The zero-order valence-corrected chi connectivity index (χ0v) is 19.4. The van der Waals surface area contributed by atoms with Gasteiger partial charge in [0.1, 0.15) is 0 Å². The normalized spacial score (nSPS) is 17.9. The first-order valence-corrected chi connectivity index (χ1v) is 10.8. The van der Waals surface area contributed by atoms with Crippen molar-refractivity contribution in [1.82, 2.24) is 19.9 Å². The molecular formula is C23H34N4OS2. The summed E-state index contributed by atoms with van der Waals surface area (Å²) in [5.41, 5.74) is 5.28. The third-order valence-corrected chi connectivity index (χ3v) is 6.32. The topological polar surface area (TPSA) is 51.1 Å². The van der Waals surface area contributed by atoms with Crippen molar-refractivity contribution >= 4 is 35.2 Å². The molecule has 0 bridgehead atoms. The number of hydrogen-bond donors (Lipinski definition) is 0. The molecule has 0 spiro atoms. The quantitative estimate of drug-likeness (QED) is 0.518. The lowest BCUT2D eigenvalue weighted by molar-refractivity contribution is -0.0202. The predicted molar refractivity (Wildman–Crippen MR) is 131 cm³/mol. The Morgan fingerprint density at radius 1 is 1.13 bits per heavy atom. The van der Waals surface area contributed by atoms with Crippen LogP contribution in [-0.4, -0.2) is 39.0 Å². The Bertz CT molecular complexity index is 955. The van der Waals surface area contributed by atoms with E-state index < -0.39 is 0 Å². The van der Waals surface area contributed by atoms with E-state index in [1.807, 2.05) is 20.8 Å². The summed E-state index contributed by atoms with van der Waals surface area (Å²) >= 11 is 1.70. The molecule has 3 aromatic heterocycles. The fraction of sp³-hybridized carbons (Fsp3) is 0.522. The molecule has 164 valence electrons. The standard InChI is InChI=1S/C22H28N4OS.CH4.H2S/c1-14-10-18(11-15(2)23-14)13-27-19-6-5-9-26(12-19)16(3)20-7-8-21-22(25-20)24-17(4)28-21;;/h7-8,10-11,16,19H,5-6,9,12-13H2,1-4H3;1H4;1H2/t16-,19-;;/m0../s1. The van der Waals surface area contributed by atoms with Gasteiger partial charge in [-0.3, -0.25) is 9.88 Å². The summed E-state index contributed by atoms with van der Waals surface area (Å²) in [6, 6.07) is 8.81. The SMILES string of the molecule is C.Cc1cc(CO[C@H]2CCCN([C@@H](C)c3ccc4sc(C)nc4n3)C2)cc(C)n1.S. The van der Waals surface area contributed by atoms with Crippen LogP contribution >= 0.6 is 24.8 Å². The smallest absolute Gasteiger partial charge is 0.170 e. The molecule has 4 rings (SSSR count). The zero-order chi connectivity index (χ0) is 19.7. The van der Waals surface area contributed by atoms with Crippen LogP contribution < -0.4 is 0 Å². The summed E-state index contributed by atoms with van der Waals surface area (Å²) < 4.78 is 7.43. The van der Waals surface area contributed by atoms with Crippen LogP contribution in [0.5, 0.6) is 0 Å². The molecule has 0 radical (unpaired) electrons. The molecule has 0 aromatic carbocycles. The van der Waals surface area contributed by atoms with E-state index in [2.05, 4.69) is 46.1 Å². The van der Waals surface area contributed by atoms with Crippen molar-refractivity contribution in [2.24, 2.45) is 0 Å². The number of rotatable bonds is 5. The van der Waals surface area contributed by atoms with E-state index in [-0.39, 0.29) is 33.1 Å². The largest absolute Gasteiger partial charge is 0.372 e. The van der Waals surface area contributed by atoms with Gasteiger partial charge in [0.05, 0.1) is 28.1 Å². The number of pyridine rings is 2. The molecule has 1 fully saturated rings. The van der Waals surface area contributed by atoms with Crippen molar-refractivity contribution in [2.75, 3.05) is 13.1 Å². The highest BCUT2D eigenvalue weighted by Crippen LogP contribution is 2.27. The van der Waals surface area contributed by atoms with Gasteiger partial charge in [0.15, 0.2) is 5.65 Å². The van der Waals surface area contributed by atoms with Crippen LogP contribution in [0.2, 0.25) is 0 Å². The number of piperidine rings is 1. The Morgan fingerprint density at radius 3 is 2.60 bits per heavy atom. The van der Waals surface area contributed by atoms with Crippen molar-refractivity contribution in [3.05, 3.63) is 51.9 Å². The van der Waals surface area contributed by atoms with Gasteiger partial charge in [-0.2, -0.15) is 13.5 Å². The molecular weight excluding hydrogens is 412 g/mol. The number of fused-ring (bicyclic) bond motifs is 1. The molecule has 2 atom stereocenters. The highest BCUT2D eigenvalue weighted by atomic mass is 32.1. The minimum atomic E-state index is 0. The summed E-state index contributed by atoms with van der Waals surface area (Å²) in [6.45, 7) is 11.0. The number of aromatic nitrogens is 3. The number of likely N-dealkylation sites (tertiary alicyclic amines) is 1. The Morgan fingerprint density at radius 2 is 1.87 bits per heavy atom. The second-order valence-electron chi connectivity index (χ2n) is 7.80. The first-order chi connectivity index (χ1) is 13.5. The van der Waals surface area contributed by atoms with E-state index in [4.69, 9.17) is 9.72 Å². The molecule has 0 amide bonds. The maximum atomic E-state index is 6.27. The van der Waals surface area contributed by atoms with E-state index in [9.17, 15) is 0 Å². The Kier molecular flexibility index (Phi) is 8.79. The van der Waals surface area contributed by atoms with Crippen LogP contribution in [0.15, 0.2) is 24.3 Å². The molecule has 3 aromatic rings. The lowest BCUT2D eigenvalue weighted by Crippen LogP contribution is -2.41. The second kappa shape index (κ2) is 10.7. The van der Waals surface area contributed by atoms with Crippen LogP contribution in [0.3, 0.4) is 0 Å². The first kappa shape index (κ1) is 24.7. The molecule has 30 heavy (non-hydrogen) atoms. The first-order valence-electron chi connectivity index (χ1n) is 10.0. The number of aryl methyl sites for hydroxylation is 3. The van der Waals surface area contributed by atoms with Crippen LogP contribution in [0, 0.1) is 20.8 Å². The van der Waals surface area contributed by atoms with Gasteiger partial charge in [0.2, 0.25) is 0 Å². The van der Waals surface area contributed by atoms with Crippen LogP contribution in [0.25, 0.3) is 10.3 Å². The van der Waals surface area contributed by atoms with Gasteiger partial charge >= 0.3 is 0 Å². The Hall–Kier alpha value is -1.54. The summed E-state index contributed by atoms with van der Waals surface area (Å²) in [5.74, 6) is 0. The molecule has 0 saturated carbocycles. The minimum Gasteiger partial charge on any atom is -0.372 e. The average Bonchev–Trinajstić information content (AvgIpc) is 3.04. The van der Waals surface area contributed by atoms with Crippen molar-refractivity contribution in [2.45, 2.75) is 66.7 Å². The Balaban J connectivity index is 0.00000160. The molecule has 0 aliphatic carbocycles. The van der Waals surface area contributed by atoms with Crippen LogP contribution in [-0.2, 0) is 11.3 Å². The maximum absolute atomic E-state index is 6.27. The molecule has 1 saturated heterocycles. The fourth-order valence-corrected chi connectivity index (χ4v) is 4.80. The Labute approximate surface area is 191 Å². The molecule has 7 heteroatoms. The number of thiazole rings is 1. The van der Waals surface area contributed by atoms with Crippen molar-refractivity contribution < 1.29 is 4.74 Å². The highest BCUT2D eigenvalue weighted by Gasteiger charge is 2.26. The van der Waals surface area contributed by atoms with Gasteiger partial charge < -0.3 is 4.74 Å². The van der Waals surface area contributed by atoms with Gasteiger partial charge in [0.25, 0.3) is 0 Å². The summed E-state index contributed by atoms with van der Waals surface area (Å²) in [6.07, 6.45) is 2.53. The fourth-order valence-electron chi connectivity index (χ4n) is 4.03. The number of hydrogen-bond acceptors (Lipinski definition) is 6. The van der Waals surface area contributed by atoms with Crippen LogP contribution in [0.4, 0.5) is 0 Å². The van der Waals surface area contributed by atoms with Gasteiger partial charge in [0, 0.05) is 24.0 Å². The second-order valence-corrected chi connectivity index (χ2v) is 9.03. The molecule has 0 N–H and O–H groups in total. The molecule has 4 heterocycles. The summed E-state index contributed by atoms with van der Waals surface area (Å²) in [5, 5.41) is 1.07. The third-order valence-electron chi connectivity index (χ3n) is 5.39. The maximum Gasteiger partial charge on any atom is 0.170 e. The van der Waals surface area contributed by atoms with Gasteiger partial charge in [-0.25, -0.2) is 9.97 Å².